The van der Waals surface area contributed by atoms with Crippen molar-refractivity contribution in [1.82, 2.24) is 9.97 Å². The standard InChI is InChI=1S/C23H22FN3O2/c24-18-9-4-8-17(14-18)21-10-5-13-27(21)23-25-15-19(22(28)29)20(26-23)12-11-16-6-2-1-3-7-16/h1-4,6-9,14-15,21H,5,10-13H2,(H,28,29)/t21-/m1/s1. The topological polar surface area (TPSA) is 66.3 Å². The van der Waals surface area contributed by atoms with Gasteiger partial charge in [0.25, 0.3) is 0 Å². The first-order valence-corrected chi connectivity index (χ1v) is 9.77. The minimum absolute atomic E-state index is 0.0108. The molecular weight excluding hydrogens is 369 g/mol. The summed E-state index contributed by atoms with van der Waals surface area (Å²) in [5, 5.41) is 9.54. The molecule has 1 aliphatic heterocycles. The molecule has 0 saturated carbocycles. The number of benzene rings is 2. The van der Waals surface area contributed by atoms with Crippen LogP contribution in [0, 0.1) is 5.82 Å². The summed E-state index contributed by atoms with van der Waals surface area (Å²) in [7, 11) is 0. The lowest BCUT2D eigenvalue weighted by molar-refractivity contribution is 0.0694. The Kier molecular flexibility index (Phi) is 5.51. The zero-order chi connectivity index (χ0) is 20.2. The maximum absolute atomic E-state index is 13.7. The summed E-state index contributed by atoms with van der Waals surface area (Å²) in [5.74, 6) is -0.785. The summed E-state index contributed by atoms with van der Waals surface area (Å²) in [5.41, 5.74) is 2.67. The lowest BCUT2D eigenvalue weighted by Crippen LogP contribution is -2.25. The van der Waals surface area contributed by atoms with Gasteiger partial charge in [-0.1, -0.05) is 42.5 Å². The first-order chi connectivity index (χ1) is 14.1. The number of aryl methyl sites for hydroxylation is 2. The van der Waals surface area contributed by atoms with E-state index in [4.69, 9.17) is 0 Å². The van der Waals surface area contributed by atoms with Gasteiger partial charge < -0.3 is 10.0 Å². The van der Waals surface area contributed by atoms with Crippen molar-refractivity contribution in [1.29, 1.82) is 0 Å². The molecule has 3 aromatic rings. The number of carboxylic acids is 1. The molecular formula is C23H22FN3O2. The Morgan fingerprint density at radius 2 is 1.97 bits per heavy atom. The van der Waals surface area contributed by atoms with Crippen LogP contribution < -0.4 is 4.90 Å². The van der Waals surface area contributed by atoms with E-state index in [9.17, 15) is 14.3 Å². The van der Waals surface area contributed by atoms with Crippen molar-refractivity contribution in [3.63, 3.8) is 0 Å². The lowest BCUT2D eigenvalue weighted by Gasteiger charge is -2.25. The minimum atomic E-state index is -1.03. The maximum Gasteiger partial charge on any atom is 0.339 e. The van der Waals surface area contributed by atoms with E-state index in [0.29, 0.717) is 24.5 Å². The average molecular weight is 391 g/mol. The highest BCUT2D eigenvalue weighted by Crippen LogP contribution is 2.34. The zero-order valence-electron chi connectivity index (χ0n) is 16.0. The van der Waals surface area contributed by atoms with Crippen molar-refractivity contribution in [2.75, 3.05) is 11.4 Å². The number of halogens is 1. The second kappa shape index (κ2) is 8.39. The van der Waals surface area contributed by atoms with Gasteiger partial charge in [-0.2, -0.15) is 0 Å². The quantitative estimate of drug-likeness (QED) is 0.673. The summed E-state index contributed by atoms with van der Waals surface area (Å²) in [6.45, 7) is 0.756. The van der Waals surface area contributed by atoms with Gasteiger partial charge >= 0.3 is 5.97 Å². The van der Waals surface area contributed by atoms with E-state index < -0.39 is 5.97 Å². The van der Waals surface area contributed by atoms with Crippen LogP contribution in [-0.2, 0) is 12.8 Å². The van der Waals surface area contributed by atoms with Crippen LogP contribution in [0.3, 0.4) is 0 Å². The molecule has 1 saturated heterocycles. The van der Waals surface area contributed by atoms with Crippen molar-refractivity contribution >= 4 is 11.9 Å². The highest BCUT2D eigenvalue weighted by Gasteiger charge is 2.29. The van der Waals surface area contributed by atoms with Crippen molar-refractivity contribution in [2.24, 2.45) is 0 Å². The van der Waals surface area contributed by atoms with E-state index >= 15 is 0 Å². The normalized spacial score (nSPS) is 16.2. The number of hydrogen-bond acceptors (Lipinski definition) is 4. The number of rotatable bonds is 6. The summed E-state index contributed by atoms with van der Waals surface area (Å²) in [6.07, 6.45) is 4.44. The molecule has 0 spiro atoms. The molecule has 1 aromatic heterocycles. The Hall–Kier alpha value is -3.28. The number of hydrogen-bond donors (Lipinski definition) is 1. The molecule has 1 atom stereocenters. The summed E-state index contributed by atoms with van der Waals surface area (Å²) in [4.78, 5) is 22.7. The van der Waals surface area contributed by atoms with E-state index in [-0.39, 0.29) is 17.4 Å². The predicted octanol–water partition coefficient (Wildman–Crippen LogP) is 4.44. The molecule has 6 heteroatoms. The van der Waals surface area contributed by atoms with Gasteiger partial charge in [-0.3, -0.25) is 0 Å². The molecule has 0 radical (unpaired) electrons. The van der Waals surface area contributed by atoms with Crippen molar-refractivity contribution in [3.05, 3.63) is 89.0 Å². The maximum atomic E-state index is 13.7. The van der Waals surface area contributed by atoms with Crippen molar-refractivity contribution in [2.45, 2.75) is 31.7 Å². The second-order valence-electron chi connectivity index (χ2n) is 7.23. The van der Waals surface area contributed by atoms with Gasteiger partial charge in [-0.05, 0) is 48.9 Å². The molecule has 0 aliphatic carbocycles. The Bertz CT molecular complexity index is 1010. The van der Waals surface area contributed by atoms with Crippen LogP contribution in [-0.4, -0.2) is 27.6 Å². The summed E-state index contributed by atoms with van der Waals surface area (Å²) < 4.78 is 13.7. The van der Waals surface area contributed by atoms with Crippen molar-refractivity contribution < 1.29 is 14.3 Å². The molecule has 0 unspecified atom stereocenters. The molecule has 29 heavy (non-hydrogen) atoms. The molecule has 2 aromatic carbocycles. The fourth-order valence-corrected chi connectivity index (χ4v) is 3.89. The molecule has 2 heterocycles. The smallest absolute Gasteiger partial charge is 0.339 e. The van der Waals surface area contributed by atoms with Gasteiger partial charge in [0.2, 0.25) is 5.95 Å². The number of aromatic carboxylic acids is 1. The number of aromatic nitrogens is 2. The Balaban J connectivity index is 1.62. The van der Waals surface area contributed by atoms with Crippen molar-refractivity contribution in [3.8, 4) is 0 Å². The van der Waals surface area contributed by atoms with E-state index in [1.54, 1.807) is 12.1 Å². The number of carbonyl (C=O) groups is 1. The SMILES string of the molecule is O=C(O)c1cnc(N2CCC[C@@H]2c2cccc(F)c2)nc1CCc1ccccc1. The van der Waals surface area contributed by atoms with Gasteiger partial charge in [0.05, 0.1) is 17.3 Å². The average Bonchev–Trinajstić information content (AvgIpc) is 3.23. The monoisotopic (exact) mass is 391 g/mol. The highest BCUT2D eigenvalue weighted by molar-refractivity contribution is 5.88. The van der Waals surface area contributed by atoms with E-state index in [0.717, 1.165) is 30.5 Å². The first kappa shape index (κ1) is 19.1. The van der Waals surface area contributed by atoms with Crippen LogP contribution in [0.2, 0.25) is 0 Å². The van der Waals surface area contributed by atoms with Gasteiger partial charge in [0.1, 0.15) is 5.82 Å². The number of carboxylic acid groups (broad SMARTS) is 1. The van der Waals surface area contributed by atoms with Crippen LogP contribution in [0.4, 0.5) is 10.3 Å². The van der Waals surface area contributed by atoms with E-state index in [1.165, 1.54) is 12.3 Å². The van der Waals surface area contributed by atoms with Gasteiger partial charge in [-0.15, -0.1) is 0 Å². The number of nitrogens with zero attached hydrogens (tertiary/aromatic N) is 3. The molecule has 4 rings (SSSR count). The first-order valence-electron chi connectivity index (χ1n) is 9.77. The van der Waals surface area contributed by atoms with Gasteiger partial charge in [0, 0.05) is 12.7 Å². The Morgan fingerprint density at radius 3 is 2.72 bits per heavy atom. The van der Waals surface area contributed by atoms with E-state index in [1.807, 2.05) is 41.3 Å². The van der Waals surface area contributed by atoms with E-state index in [2.05, 4.69) is 9.97 Å². The Labute approximate surface area is 168 Å². The summed E-state index contributed by atoms with van der Waals surface area (Å²) >= 11 is 0. The Morgan fingerprint density at radius 1 is 1.14 bits per heavy atom. The molecule has 1 aliphatic rings. The fraction of sp³-hybridized carbons (Fsp3) is 0.261. The van der Waals surface area contributed by atoms with Crippen LogP contribution in [0.5, 0.6) is 0 Å². The fourth-order valence-electron chi connectivity index (χ4n) is 3.89. The van der Waals surface area contributed by atoms with Crippen LogP contribution >= 0.6 is 0 Å². The molecule has 148 valence electrons. The molecule has 0 bridgehead atoms. The third-order valence-corrected chi connectivity index (χ3v) is 5.32. The van der Waals surface area contributed by atoms with Crippen LogP contribution in [0.25, 0.3) is 0 Å². The molecule has 0 amide bonds. The highest BCUT2D eigenvalue weighted by atomic mass is 19.1. The van der Waals surface area contributed by atoms with Gasteiger partial charge in [0.15, 0.2) is 0 Å². The van der Waals surface area contributed by atoms with Crippen LogP contribution in [0.1, 0.15) is 46.1 Å². The molecule has 1 N–H and O–H groups in total. The zero-order valence-corrected chi connectivity index (χ0v) is 16.0. The van der Waals surface area contributed by atoms with Crippen LogP contribution in [0.15, 0.2) is 60.8 Å². The summed E-state index contributed by atoms with van der Waals surface area (Å²) in [6, 6.07) is 16.5. The number of anilines is 1. The molecule has 1 fully saturated rings. The predicted molar refractivity (Wildman–Crippen MR) is 109 cm³/mol. The third-order valence-electron chi connectivity index (χ3n) is 5.32. The minimum Gasteiger partial charge on any atom is -0.478 e. The third kappa shape index (κ3) is 4.26. The lowest BCUT2D eigenvalue weighted by atomic mass is 10.0. The second-order valence-corrected chi connectivity index (χ2v) is 7.23. The molecule has 5 nitrogen and oxygen atoms in total. The van der Waals surface area contributed by atoms with Gasteiger partial charge in [-0.25, -0.2) is 19.2 Å². The largest absolute Gasteiger partial charge is 0.478 e.